The first kappa shape index (κ1) is 16.9. The molecule has 120 valence electrons. The Labute approximate surface area is 135 Å². The molecule has 1 aromatic rings. The summed E-state index contributed by atoms with van der Waals surface area (Å²) in [6.45, 7) is 5.68. The smallest absolute Gasteiger partial charge is 0.0929 e. The summed E-state index contributed by atoms with van der Waals surface area (Å²) >= 11 is 3.63. The molecule has 1 unspecified atom stereocenters. The Morgan fingerprint density at radius 2 is 2.05 bits per heavy atom. The molecule has 2 rings (SSSR count). The maximum Gasteiger partial charge on any atom is 0.0929 e. The molecule has 1 saturated carbocycles. The number of halogens is 1. The van der Waals surface area contributed by atoms with Crippen molar-refractivity contribution in [3.8, 4) is 0 Å². The molecule has 0 aromatic carbocycles. The summed E-state index contributed by atoms with van der Waals surface area (Å²) in [5.41, 5.74) is 3.88. The summed E-state index contributed by atoms with van der Waals surface area (Å²) in [6, 6.07) is -0.0487. The molecule has 5 nitrogen and oxygen atoms in total. The zero-order valence-corrected chi connectivity index (χ0v) is 14.7. The number of hydrazine groups is 1. The molecule has 1 fully saturated rings. The normalized spacial score (nSPS) is 20.2. The number of nitrogens with one attached hydrogen (secondary N) is 1. The number of nitrogens with zero attached hydrogens (tertiary/aromatic N) is 2. The average molecular weight is 359 g/mol. The molecule has 0 amide bonds. The summed E-state index contributed by atoms with van der Waals surface area (Å²) in [5, 5.41) is 4.43. The third kappa shape index (κ3) is 3.50. The van der Waals surface area contributed by atoms with Gasteiger partial charge in [0.15, 0.2) is 0 Å². The number of ether oxygens (including phenoxy) is 1. The average Bonchev–Trinajstić information content (AvgIpc) is 2.70. The molecule has 0 aliphatic heterocycles. The Balaban J connectivity index is 2.41. The Hall–Kier alpha value is -0.430. The van der Waals surface area contributed by atoms with E-state index >= 15 is 0 Å². The van der Waals surface area contributed by atoms with Gasteiger partial charge in [-0.1, -0.05) is 25.7 Å². The molecule has 21 heavy (non-hydrogen) atoms. The van der Waals surface area contributed by atoms with Crippen molar-refractivity contribution < 1.29 is 4.74 Å². The minimum atomic E-state index is -0.241. The van der Waals surface area contributed by atoms with E-state index in [1.165, 1.54) is 25.7 Å². The lowest BCUT2D eigenvalue weighted by Gasteiger charge is -2.40. The standard InChI is InChI=1S/C15H27BrN4O/c1-3-20-13(12(16)11-18-20)14(19-17)15(21-4-2)9-7-5-6-8-10-15/h11,14,19H,3-10,17H2,1-2H3. The van der Waals surface area contributed by atoms with E-state index in [1.54, 1.807) is 0 Å². The highest BCUT2D eigenvalue weighted by Crippen LogP contribution is 2.42. The number of nitrogens with two attached hydrogens (primary N) is 1. The van der Waals surface area contributed by atoms with Crippen molar-refractivity contribution in [2.45, 2.75) is 70.6 Å². The lowest BCUT2D eigenvalue weighted by Crippen LogP contribution is -2.49. The molecular weight excluding hydrogens is 332 g/mol. The minimum Gasteiger partial charge on any atom is -0.373 e. The van der Waals surface area contributed by atoms with Crippen molar-refractivity contribution in [3.63, 3.8) is 0 Å². The fourth-order valence-corrected chi connectivity index (χ4v) is 4.05. The highest BCUT2D eigenvalue weighted by molar-refractivity contribution is 9.10. The molecule has 1 aliphatic carbocycles. The second-order valence-corrected chi connectivity index (χ2v) is 6.56. The van der Waals surface area contributed by atoms with E-state index in [1.807, 2.05) is 10.9 Å². The largest absolute Gasteiger partial charge is 0.373 e. The number of rotatable bonds is 6. The topological polar surface area (TPSA) is 65.1 Å². The summed E-state index contributed by atoms with van der Waals surface area (Å²) in [6.07, 6.45) is 8.86. The number of hydrogen-bond donors (Lipinski definition) is 2. The molecule has 3 N–H and O–H groups in total. The van der Waals surface area contributed by atoms with Crippen molar-refractivity contribution in [2.24, 2.45) is 5.84 Å². The zero-order valence-electron chi connectivity index (χ0n) is 13.1. The third-order valence-electron chi connectivity index (χ3n) is 4.48. The molecule has 0 saturated heterocycles. The zero-order chi connectivity index (χ0) is 15.3. The summed E-state index contributed by atoms with van der Waals surface area (Å²) < 4.78 is 9.27. The van der Waals surface area contributed by atoms with E-state index < -0.39 is 0 Å². The summed E-state index contributed by atoms with van der Waals surface area (Å²) in [5.74, 6) is 5.96. The molecular formula is C15H27BrN4O. The second-order valence-electron chi connectivity index (χ2n) is 5.71. The number of aromatic nitrogens is 2. The SMILES string of the molecule is CCOC1(C(NN)c2c(Br)cnn2CC)CCCCCC1. The molecule has 1 heterocycles. The van der Waals surface area contributed by atoms with Gasteiger partial charge in [-0.2, -0.15) is 5.10 Å². The maximum absolute atomic E-state index is 6.28. The van der Waals surface area contributed by atoms with Gasteiger partial charge in [-0.05, 0) is 42.6 Å². The number of aryl methyl sites for hydroxylation is 1. The van der Waals surface area contributed by atoms with Crippen LogP contribution < -0.4 is 11.3 Å². The monoisotopic (exact) mass is 358 g/mol. The van der Waals surface area contributed by atoms with Gasteiger partial charge in [0, 0.05) is 13.2 Å². The predicted octanol–water partition coefficient (Wildman–Crippen LogP) is 3.30. The number of hydrogen-bond acceptors (Lipinski definition) is 4. The van der Waals surface area contributed by atoms with E-state index in [9.17, 15) is 0 Å². The van der Waals surface area contributed by atoms with Crippen LogP contribution in [-0.4, -0.2) is 22.0 Å². The molecule has 0 spiro atoms. The van der Waals surface area contributed by atoms with Gasteiger partial charge in [-0.3, -0.25) is 10.5 Å². The Bertz CT molecular complexity index is 441. The van der Waals surface area contributed by atoms with E-state index in [0.29, 0.717) is 6.61 Å². The van der Waals surface area contributed by atoms with Crippen LogP contribution in [0, 0.1) is 0 Å². The Kier molecular flexibility index (Phi) is 6.22. The van der Waals surface area contributed by atoms with Gasteiger partial charge in [0.1, 0.15) is 0 Å². The molecule has 0 bridgehead atoms. The van der Waals surface area contributed by atoms with Gasteiger partial charge < -0.3 is 4.74 Å². The highest BCUT2D eigenvalue weighted by Gasteiger charge is 2.42. The molecule has 1 atom stereocenters. The van der Waals surface area contributed by atoms with Crippen LogP contribution >= 0.6 is 15.9 Å². The Morgan fingerprint density at radius 3 is 2.57 bits per heavy atom. The van der Waals surface area contributed by atoms with Gasteiger partial charge in [0.2, 0.25) is 0 Å². The van der Waals surface area contributed by atoms with Crippen LogP contribution in [0.5, 0.6) is 0 Å². The fourth-order valence-electron chi connectivity index (χ4n) is 3.52. The fraction of sp³-hybridized carbons (Fsp3) is 0.800. The van der Waals surface area contributed by atoms with Gasteiger partial charge in [0.05, 0.1) is 28.0 Å². The van der Waals surface area contributed by atoms with Crippen molar-refractivity contribution in [2.75, 3.05) is 6.61 Å². The third-order valence-corrected chi connectivity index (χ3v) is 5.09. The van der Waals surface area contributed by atoms with E-state index in [2.05, 4.69) is 40.3 Å². The van der Waals surface area contributed by atoms with Crippen LogP contribution in [0.25, 0.3) is 0 Å². The molecule has 1 aliphatic rings. The lowest BCUT2D eigenvalue weighted by atomic mass is 9.84. The quantitative estimate of drug-likeness (QED) is 0.465. The van der Waals surface area contributed by atoms with E-state index in [0.717, 1.165) is 29.6 Å². The summed E-state index contributed by atoms with van der Waals surface area (Å²) in [7, 11) is 0. The van der Waals surface area contributed by atoms with Crippen LogP contribution in [0.3, 0.4) is 0 Å². The van der Waals surface area contributed by atoms with Gasteiger partial charge in [-0.15, -0.1) is 0 Å². The summed E-state index contributed by atoms with van der Waals surface area (Å²) in [4.78, 5) is 0. The Morgan fingerprint density at radius 1 is 1.38 bits per heavy atom. The van der Waals surface area contributed by atoms with Crippen molar-refractivity contribution in [1.82, 2.24) is 15.2 Å². The van der Waals surface area contributed by atoms with Crippen LogP contribution in [0.1, 0.15) is 64.1 Å². The lowest BCUT2D eigenvalue weighted by molar-refractivity contribution is -0.0802. The first-order valence-corrected chi connectivity index (χ1v) is 8.79. The first-order chi connectivity index (χ1) is 10.2. The van der Waals surface area contributed by atoms with Crippen LogP contribution in [0.15, 0.2) is 10.7 Å². The van der Waals surface area contributed by atoms with Crippen molar-refractivity contribution >= 4 is 15.9 Å². The van der Waals surface area contributed by atoms with Gasteiger partial charge in [-0.25, -0.2) is 5.43 Å². The van der Waals surface area contributed by atoms with Crippen molar-refractivity contribution in [3.05, 3.63) is 16.4 Å². The van der Waals surface area contributed by atoms with Gasteiger partial charge >= 0.3 is 0 Å². The second kappa shape index (κ2) is 7.72. The van der Waals surface area contributed by atoms with E-state index in [-0.39, 0.29) is 11.6 Å². The highest BCUT2D eigenvalue weighted by atomic mass is 79.9. The molecule has 0 radical (unpaired) electrons. The van der Waals surface area contributed by atoms with Gasteiger partial charge in [0.25, 0.3) is 0 Å². The van der Waals surface area contributed by atoms with Crippen molar-refractivity contribution in [1.29, 1.82) is 0 Å². The van der Waals surface area contributed by atoms with E-state index in [4.69, 9.17) is 10.6 Å². The molecule has 1 aromatic heterocycles. The molecule has 6 heteroatoms. The van der Waals surface area contributed by atoms with Crippen LogP contribution in [0.4, 0.5) is 0 Å². The van der Waals surface area contributed by atoms with Crippen LogP contribution in [-0.2, 0) is 11.3 Å². The maximum atomic E-state index is 6.28. The first-order valence-electron chi connectivity index (χ1n) is 7.99. The van der Waals surface area contributed by atoms with Crippen LogP contribution in [0.2, 0.25) is 0 Å². The predicted molar refractivity (Wildman–Crippen MR) is 87.7 cm³/mol. The minimum absolute atomic E-state index is 0.0487.